The van der Waals surface area contributed by atoms with E-state index >= 15 is 0 Å². The van der Waals surface area contributed by atoms with Gasteiger partial charge in [-0.3, -0.25) is 19.3 Å². The molecule has 33 heavy (non-hydrogen) atoms. The van der Waals surface area contributed by atoms with E-state index in [1.165, 1.54) is 6.07 Å². The van der Waals surface area contributed by atoms with Gasteiger partial charge in [-0.25, -0.2) is 0 Å². The quantitative estimate of drug-likeness (QED) is 0.609. The molecule has 0 aromatic heterocycles. The Labute approximate surface area is 193 Å². The molecule has 0 spiro atoms. The van der Waals surface area contributed by atoms with Crippen molar-refractivity contribution in [2.45, 2.75) is 44.3 Å². The topological polar surface area (TPSA) is 66.5 Å². The van der Waals surface area contributed by atoms with Gasteiger partial charge in [-0.15, -0.1) is 0 Å². The van der Waals surface area contributed by atoms with Crippen molar-refractivity contribution in [3.8, 4) is 0 Å². The summed E-state index contributed by atoms with van der Waals surface area (Å²) >= 11 is 5.67. The molecule has 0 unspecified atom stereocenters. The Hall–Kier alpha value is -2.87. The van der Waals surface area contributed by atoms with Crippen LogP contribution in [0.2, 0.25) is 5.02 Å². The number of rotatable bonds is 5. The summed E-state index contributed by atoms with van der Waals surface area (Å²) in [5.41, 5.74) is -0.479. The fraction of sp³-hybridized carbons (Fsp3) is 0.375. The maximum Gasteiger partial charge on any atom is 0.417 e. The number of fused-ring (bicyclic) bond motifs is 1. The number of hydrogen-bond donors (Lipinski definition) is 1. The molecule has 1 N–H and O–H groups in total. The molecule has 1 heterocycles. The number of amides is 3. The summed E-state index contributed by atoms with van der Waals surface area (Å²) in [5, 5.41) is 1.97. The van der Waals surface area contributed by atoms with Crippen molar-refractivity contribution in [1.82, 2.24) is 4.90 Å². The van der Waals surface area contributed by atoms with Gasteiger partial charge in [-0.2, -0.15) is 13.2 Å². The van der Waals surface area contributed by atoms with Crippen LogP contribution in [0.4, 0.5) is 18.9 Å². The molecule has 1 aliphatic heterocycles. The lowest BCUT2D eigenvalue weighted by Crippen LogP contribution is -2.49. The molecule has 2 fully saturated rings. The number of carbonyl (C=O) groups excluding carboxylic acids is 3. The van der Waals surface area contributed by atoms with Crippen molar-refractivity contribution in [2.75, 3.05) is 5.32 Å². The number of nitrogens with one attached hydrogen (secondary N) is 1. The normalized spacial score (nSPS) is 21.6. The highest BCUT2D eigenvalue weighted by Crippen LogP contribution is 2.40. The van der Waals surface area contributed by atoms with E-state index in [4.69, 9.17) is 11.6 Å². The number of likely N-dealkylation sites (tertiary alicyclic amines) is 1. The Kier molecular flexibility index (Phi) is 6.47. The predicted octanol–water partition coefficient (Wildman–Crippen LogP) is 5.08. The molecule has 3 atom stereocenters. The van der Waals surface area contributed by atoms with Crippen LogP contribution in [0.1, 0.15) is 36.8 Å². The van der Waals surface area contributed by atoms with Gasteiger partial charge in [0, 0.05) is 12.1 Å². The largest absolute Gasteiger partial charge is 0.417 e. The summed E-state index contributed by atoms with van der Waals surface area (Å²) in [6.45, 7) is 0. The molecule has 1 saturated carbocycles. The number of halogens is 4. The number of carbonyl (C=O) groups is 3. The van der Waals surface area contributed by atoms with Crippen molar-refractivity contribution in [2.24, 2.45) is 11.8 Å². The first-order chi connectivity index (χ1) is 15.7. The predicted molar refractivity (Wildman–Crippen MR) is 116 cm³/mol. The maximum atomic E-state index is 13.3. The number of nitrogens with zero attached hydrogens (tertiary/aromatic N) is 1. The fourth-order valence-corrected chi connectivity index (χ4v) is 4.90. The van der Waals surface area contributed by atoms with E-state index < -0.39 is 40.5 Å². The average molecular weight is 479 g/mol. The van der Waals surface area contributed by atoms with E-state index in [9.17, 15) is 27.6 Å². The van der Waals surface area contributed by atoms with Crippen molar-refractivity contribution < 1.29 is 27.6 Å². The highest BCUT2D eigenvalue weighted by atomic mass is 35.5. The van der Waals surface area contributed by atoms with Crippen LogP contribution >= 0.6 is 11.6 Å². The second-order valence-corrected chi connectivity index (χ2v) is 8.84. The van der Waals surface area contributed by atoms with E-state index in [1.54, 1.807) is 30.3 Å². The molecule has 2 aromatic rings. The van der Waals surface area contributed by atoms with Crippen LogP contribution < -0.4 is 5.32 Å². The van der Waals surface area contributed by atoms with Crippen molar-refractivity contribution in [3.63, 3.8) is 0 Å². The van der Waals surface area contributed by atoms with Gasteiger partial charge in [0.1, 0.15) is 6.04 Å². The second kappa shape index (κ2) is 9.17. The minimum atomic E-state index is -4.70. The molecule has 1 aliphatic carbocycles. The number of hydrogen-bond acceptors (Lipinski definition) is 3. The highest BCUT2D eigenvalue weighted by Gasteiger charge is 2.51. The average Bonchev–Trinajstić information content (AvgIpc) is 3.03. The lowest BCUT2D eigenvalue weighted by Gasteiger charge is -2.26. The number of benzene rings is 2. The van der Waals surface area contributed by atoms with Gasteiger partial charge in [0.05, 0.1) is 22.4 Å². The third-order valence-electron chi connectivity index (χ3n) is 6.30. The van der Waals surface area contributed by atoms with Crippen LogP contribution in [0.3, 0.4) is 0 Å². The standard InChI is InChI=1S/C24H22ClF3N2O3/c25-19-11-10-15(13-18(19)24(26,27)28)29-21(31)20(12-14-6-2-1-3-7-14)30-22(32)16-8-4-5-9-17(16)23(30)33/h1-3,6-7,10-11,13,16-17,20H,4-5,8-9,12H2,(H,29,31)/t16-,17-,20-/m0/s1. The summed E-state index contributed by atoms with van der Waals surface area (Å²) in [7, 11) is 0. The summed E-state index contributed by atoms with van der Waals surface area (Å²) in [6, 6.07) is 10.7. The smallest absolute Gasteiger partial charge is 0.324 e. The van der Waals surface area contributed by atoms with Gasteiger partial charge in [0.2, 0.25) is 17.7 Å². The number of alkyl halides is 3. The Morgan fingerprint density at radius 1 is 1.03 bits per heavy atom. The molecule has 1 saturated heterocycles. The van der Waals surface area contributed by atoms with Gasteiger partial charge in [0.25, 0.3) is 0 Å². The molecule has 5 nitrogen and oxygen atoms in total. The Bertz CT molecular complexity index is 1050. The molecule has 0 radical (unpaired) electrons. The zero-order valence-electron chi connectivity index (χ0n) is 17.6. The first-order valence-electron chi connectivity index (χ1n) is 10.8. The molecule has 3 amide bonds. The first-order valence-corrected chi connectivity index (χ1v) is 11.1. The Morgan fingerprint density at radius 2 is 1.64 bits per heavy atom. The first kappa shape index (κ1) is 23.3. The van der Waals surface area contributed by atoms with Gasteiger partial charge in [-0.05, 0) is 36.6 Å². The number of anilines is 1. The van der Waals surface area contributed by atoms with Crippen LogP contribution in [0, 0.1) is 11.8 Å². The molecule has 9 heteroatoms. The van der Waals surface area contributed by atoms with Gasteiger partial charge < -0.3 is 5.32 Å². The molecule has 2 aromatic carbocycles. The second-order valence-electron chi connectivity index (χ2n) is 8.43. The zero-order valence-corrected chi connectivity index (χ0v) is 18.3. The third-order valence-corrected chi connectivity index (χ3v) is 6.63. The van der Waals surface area contributed by atoms with Gasteiger partial charge in [0.15, 0.2) is 0 Å². The Balaban J connectivity index is 1.65. The molecule has 2 aliphatic rings. The van der Waals surface area contributed by atoms with E-state index in [2.05, 4.69) is 5.32 Å². The molecule has 4 rings (SSSR count). The number of imide groups is 1. The lowest BCUT2D eigenvalue weighted by molar-refractivity contribution is -0.146. The van der Waals surface area contributed by atoms with Crippen LogP contribution in [-0.2, 0) is 27.0 Å². The van der Waals surface area contributed by atoms with E-state index in [0.717, 1.165) is 35.4 Å². The minimum Gasteiger partial charge on any atom is -0.324 e. The summed E-state index contributed by atoms with van der Waals surface area (Å²) in [4.78, 5) is 40.6. The Morgan fingerprint density at radius 3 is 2.21 bits per heavy atom. The highest BCUT2D eigenvalue weighted by molar-refractivity contribution is 6.31. The monoisotopic (exact) mass is 478 g/mol. The van der Waals surface area contributed by atoms with E-state index in [1.807, 2.05) is 0 Å². The third kappa shape index (κ3) is 4.76. The summed E-state index contributed by atoms with van der Waals surface area (Å²) in [6.07, 6.45) is -1.76. The maximum absolute atomic E-state index is 13.3. The lowest BCUT2D eigenvalue weighted by atomic mass is 9.81. The van der Waals surface area contributed by atoms with Gasteiger partial charge in [-0.1, -0.05) is 54.8 Å². The summed E-state index contributed by atoms with van der Waals surface area (Å²) < 4.78 is 39.7. The molecule has 174 valence electrons. The zero-order chi connectivity index (χ0) is 23.8. The molecular formula is C24H22ClF3N2O3. The fourth-order valence-electron chi connectivity index (χ4n) is 4.68. The van der Waals surface area contributed by atoms with Crippen molar-refractivity contribution in [1.29, 1.82) is 0 Å². The van der Waals surface area contributed by atoms with Crippen LogP contribution in [-0.4, -0.2) is 28.7 Å². The summed E-state index contributed by atoms with van der Waals surface area (Å²) in [5.74, 6) is -2.37. The van der Waals surface area contributed by atoms with Crippen LogP contribution in [0.5, 0.6) is 0 Å². The van der Waals surface area contributed by atoms with Gasteiger partial charge >= 0.3 is 6.18 Å². The van der Waals surface area contributed by atoms with Crippen molar-refractivity contribution in [3.05, 3.63) is 64.7 Å². The molecule has 0 bridgehead atoms. The van der Waals surface area contributed by atoms with E-state index in [-0.39, 0.29) is 23.9 Å². The van der Waals surface area contributed by atoms with E-state index in [0.29, 0.717) is 12.8 Å². The SMILES string of the molecule is O=C(Nc1ccc(Cl)c(C(F)(F)F)c1)[C@H](Cc1ccccc1)N1C(=O)[C@H]2CCCC[C@@H]2C1=O. The minimum absolute atomic E-state index is 0.0588. The van der Waals surface area contributed by atoms with Crippen LogP contribution in [0.25, 0.3) is 0 Å². The van der Waals surface area contributed by atoms with Crippen molar-refractivity contribution >= 4 is 35.0 Å². The van der Waals surface area contributed by atoms with Crippen LogP contribution in [0.15, 0.2) is 48.5 Å². The molecular weight excluding hydrogens is 457 g/mol.